The third kappa shape index (κ3) is 4.22. The van der Waals surface area contributed by atoms with Crippen LogP contribution in [0.2, 0.25) is 0 Å². The third-order valence-corrected chi connectivity index (χ3v) is 7.31. The van der Waals surface area contributed by atoms with Crippen molar-refractivity contribution in [2.45, 2.75) is 83.4 Å². The molecule has 4 unspecified atom stereocenters. The van der Waals surface area contributed by atoms with E-state index in [-0.39, 0.29) is 29.5 Å². The standard InChI is InChI=1S/C15H22O5.C5H11NO3S/c1-8-4-5-11-9(2)12(16)17-13-15(11)10(8)6-7-14(3,18-13)19-20-15;1-3(7)6-4(2-10)5(8)9/h8-11,13H,4-7H2,1-3H3;4-5,8-10H,2H2,1H3,(H,6,7)/t8-,9-,10?,11?,13?,14?,15-;4-/m10/s1. The number of fused-ring (bicyclic) bond motifs is 2. The first-order chi connectivity index (χ1) is 14.0. The van der Waals surface area contributed by atoms with Crippen molar-refractivity contribution in [1.29, 1.82) is 0 Å². The van der Waals surface area contributed by atoms with Crippen molar-refractivity contribution in [3.05, 3.63) is 0 Å². The number of aliphatic hydroxyl groups excluding tert-OH is 1. The molecule has 5 fully saturated rings. The maximum absolute atomic E-state index is 12.1. The van der Waals surface area contributed by atoms with Gasteiger partial charge in [0, 0.05) is 30.9 Å². The maximum Gasteiger partial charge on any atom is 0.311 e. The molecule has 9 nitrogen and oxygen atoms in total. The summed E-state index contributed by atoms with van der Waals surface area (Å²) in [6.45, 7) is 7.37. The summed E-state index contributed by atoms with van der Waals surface area (Å²) < 4.78 is 11.6. The number of hydrogen-bond donors (Lipinski definition) is 4. The largest absolute Gasteiger partial charge is 0.432 e. The van der Waals surface area contributed by atoms with Gasteiger partial charge in [-0.05, 0) is 32.1 Å². The Kier molecular flexibility index (Phi) is 7.06. The van der Waals surface area contributed by atoms with E-state index in [9.17, 15) is 9.59 Å². The van der Waals surface area contributed by atoms with Crippen LogP contribution in [0.3, 0.4) is 0 Å². The molecule has 1 spiro atoms. The monoisotopic (exact) mass is 447 g/mol. The number of thiol groups is 1. The quantitative estimate of drug-likeness (QED) is 0.220. The molecule has 1 saturated carbocycles. The van der Waals surface area contributed by atoms with Crippen LogP contribution in [0.4, 0.5) is 0 Å². The van der Waals surface area contributed by atoms with Crippen molar-refractivity contribution in [2.75, 3.05) is 5.75 Å². The van der Waals surface area contributed by atoms with E-state index in [4.69, 9.17) is 29.5 Å². The molecule has 172 valence electrons. The van der Waals surface area contributed by atoms with E-state index in [0.717, 1.165) is 25.7 Å². The van der Waals surface area contributed by atoms with Gasteiger partial charge < -0.3 is 25.0 Å². The van der Waals surface area contributed by atoms with Gasteiger partial charge in [-0.1, -0.05) is 13.8 Å². The van der Waals surface area contributed by atoms with Crippen LogP contribution in [0, 0.1) is 23.7 Å². The molecular formula is C20H33NO8S. The first kappa shape index (κ1) is 23.7. The van der Waals surface area contributed by atoms with Crippen molar-refractivity contribution in [3.63, 3.8) is 0 Å². The number of esters is 1. The summed E-state index contributed by atoms with van der Waals surface area (Å²) in [5.74, 6) is -0.230. The highest BCUT2D eigenvalue weighted by molar-refractivity contribution is 7.80. The van der Waals surface area contributed by atoms with Crippen molar-refractivity contribution in [3.8, 4) is 0 Å². The molecule has 10 heteroatoms. The normalized spacial score (nSPS) is 42.9. The Bertz CT molecular complexity index is 663. The van der Waals surface area contributed by atoms with E-state index in [2.05, 4.69) is 24.9 Å². The number of amides is 1. The van der Waals surface area contributed by atoms with Crippen LogP contribution in [0.25, 0.3) is 0 Å². The van der Waals surface area contributed by atoms with Crippen LogP contribution in [-0.2, 0) is 28.8 Å². The highest BCUT2D eigenvalue weighted by Gasteiger charge is 2.70. The lowest BCUT2D eigenvalue weighted by Gasteiger charge is -2.57. The molecule has 8 atom stereocenters. The van der Waals surface area contributed by atoms with Gasteiger partial charge in [-0.15, -0.1) is 0 Å². The Morgan fingerprint density at radius 1 is 1.23 bits per heavy atom. The summed E-state index contributed by atoms with van der Waals surface area (Å²) in [6.07, 6.45) is 1.70. The highest BCUT2D eigenvalue weighted by Crippen LogP contribution is 2.59. The zero-order valence-electron chi connectivity index (χ0n) is 17.9. The molecule has 1 amide bonds. The van der Waals surface area contributed by atoms with Crippen molar-refractivity contribution in [1.82, 2.24) is 5.32 Å². The molecule has 30 heavy (non-hydrogen) atoms. The summed E-state index contributed by atoms with van der Waals surface area (Å²) >= 11 is 3.79. The van der Waals surface area contributed by atoms with Crippen LogP contribution in [0.15, 0.2) is 0 Å². The Hall–Kier alpha value is -0.910. The van der Waals surface area contributed by atoms with E-state index in [0.29, 0.717) is 11.8 Å². The molecule has 2 bridgehead atoms. The highest BCUT2D eigenvalue weighted by atomic mass is 32.1. The molecule has 5 aliphatic rings. The van der Waals surface area contributed by atoms with Gasteiger partial charge in [0.25, 0.3) is 0 Å². The Morgan fingerprint density at radius 3 is 2.50 bits per heavy atom. The fourth-order valence-corrected chi connectivity index (χ4v) is 5.52. The zero-order valence-corrected chi connectivity index (χ0v) is 18.8. The minimum absolute atomic E-state index is 0.123. The third-order valence-electron chi connectivity index (χ3n) is 6.92. The van der Waals surface area contributed by atoms with Crippen LogP contribution < -0.4 is 5.32 Å². The van der Waals surface area contributed by atoms with Gasteiger partial charge in [-0.3, -0.25) is 9.59 Å². The van der Waals surface area contributed by atoms with E-state index < -0.39 is 30.0 Å². The van der Waals surface area contributed by atoms with E-state index >= 15 is 0 Å². The Morgan fingerprint density at radius 2 is 1.93 bits per heavy atom. The predicted molar refractivity (Wildman–Crippen MR) is 108 cm³/mol. The van der Waals surface area contributed by atoms with Gasteiger partial charge in [0.05, 0.1) is 12.0 Å². The number of aliphatic hydroxyl groups is 2. The van der Waals surface area contributed by atoms with Crippen molar-refractivity contribution >= 4 is 24.5 Å². The second-order valence-electron chi connectivity index (χ2n) is 9.04. The second kappa shape index (κ2) is 8.91. The minimum atomic E-state index is -1.54. The number of rotatable bonds is 3. The number of nitrogens with one attached hydrogen (secondary N) is 1. The number of carbonyl (C=O) groups excluding carboxylic acids is 2. The average Bonchev–Trinajstić information content (AvgIpc) is 2.90. The molecular weight excluding hydrogens is 414 g/mol. The summed E-state index contributed by atoms with van der Waals surface area (Å²) in [5, 5.41) is 19.4. The topological polar surface area (TPSA) is 124 Å². The summed E-state index contributed by atoms with van der Waals surface area (Å²) in [5.41, 5.74) is -0.610. The van der Waals surface area contributed by atoms with Gasteiger partial charge in [0.2, 0.25) is 18.0 Å². The molecule has 4 heterocycles. The molecule has 4 aliphatic heterocycles. The second-order valence-corrected chi connectivity index (χ2v) is 9.40. The van der Waals surface area contributed by atoms with Crippen molar-refractivity contribution in [2.24, 2.45) is 23.7 Å². The lowest BCUT2D eigenvalue weighted by Crippen LogP contribution is -2.69. The minimum Gasteiger partial charge on any atom is -0.432 e. The summed E-state index contributed by atoms with van der Waals surface area (Å²) in [7, 11) is 0. The fraction of sp³-hybridized carbons (Fsp3) is 0.900. The lowest BCUT2D eigenvalue weighted by molar-refractivity contribution is -0.559. The lowest BCUT2D eigenvalue weighted by atomic mass is 9.58. The zero-order chi connectivity index (χ0) is 22.3. The molecule has 3 N–H and O–H groups in total. The van der Waals surface area contributed by atoms with Gasteiger partial charge in [-0.2, -0.15) is 12.6 Å². The summed E-state index contributed by atoms with van der Waals surface area (Å²) in [4.78, 5) is 34.0. The predicted octanol–water partition coefficient (Wildman–Crippen LogP) is 1.13. The number of carbonyl (C=O) groups is 2. The Balaban J connectivity index is 0.000000220. The van der Waals surface area contributed by atoms with Crippen LogP contribution >= 0.6 is 12.6 Å². The van der Waals surface area contributed by atoms with Gasteiger partial charge in [0.1, 0.15) is 0 Å². The molecule has 0 radical (unpaired) electrons. The molecule has 4 saturated heterocycles. The van der Waals surface area contributed by atoms with Crippen LogP contribution in [0.1, 0.15) is 53.4 Å². The first-order valence-corrected chi connectivity index (χ1v) is 11.2. The van der Waals surface area contributed by atoms with E-state index in [1.165, 1.54) is 6.92 Å². The molecule has 5 rings (SSSR count). The smallest absolute Gasteiger partial charge is 0.311 e. The van der Waals surface area contributed by atoms with Crippen LogP contribution in [0.5, 0.6) is 0 Å². The average molecular weight is 448 g/mol. The molecule has 0 aromatic rings. The molecule has 0 aromatic carbocycles. The fourth-order valence-electron chi connectivity index (χ4n) is 5.24. The van der Waals surface area contributed by atoms with Gasteiger partial charge in [0.15, 0.2) is 11.9 Å². The van der Waals surface area contributed by atoms with Gasteiger partial charge >= 0.3 is 5.97 Å². The molecule has 0 aromatic heterocycles. The van der Waals surface area contributed by atoms with Crippen LogP contribution in [-0.4, -0.2) is 57.9 Å². The Labute approximate surface area is 182 Å². The molecule has 1 aliphatic carbocycles. The number of hydrogen-bond acceptors (Lipinski definition) is 9. The van der Waals surface area contributed by atoms with Gasteiger partial charge in [-0.25, -0.2) is 9.78 Å². The van der Waals surface area contributed by atoms with E-state index in [1.54, 1.807) is 0 Å². The van der Waals surface area contributed by atoms with E-state index in [1.807, 2.05) is 13.8 Å². The number of ether oxygens (including phenoxy) is 2. The first-order valence-electron chi connectivity index (χ1n) is 10.5. The SMILES string of the molecule is CC(=O)N[C@@H](CS)C(O)O.C[C@@H]1CCC2[C@@H](C)C(=O)OC3OC4(C)CCC1[C@]32OO4. The maximum atomic E-state index is 12.1. The van der Waals surface area contributed by atoms with Crippen molar-refractivity contribution < 1.29 is 39.1 Å². The summed E-state index contributed by atoms with van der Waals surface area (Å²) in [6, 6.07) is -0.680.